The number of nitrogens with two attached hydrogens (primary N) is 1. The average Bonchev–Trinajstić information content (AvgIpc) is 2.11. The molecule has 1 aromatic heterocycles. The van der Waals surface area contributed by atoms with E-state index in [0.717, 1.165) is 0 Å². The first-order valence-corrected chi connectivity index (χ1v) is 4.91. The summed E-state index contributed by atoms with van der Waals surface area (Å²) in [6, 6.07) is -0.516. The predicted molar refractivity (Wildman–Crippen MR) is 57.0 cm³/mol. The third kappa shape index (κ3) is 2.81. The average molecular weight is 280 g/mol. The van der Waals surface area contributed by atoms with E-state index in [2.05, 4.69) is 31.2 Å². The van der Waals surface area contributed by atoms with Crippen molar-refractivity contribution in [2.75, 3.05) is 5.32 Å². The molecule has 0 saturated carbocycles. The molecule has 76 valence electrons. The number of amides is 1. The zero-order chi connectivity index (χ0) is 10.7. The van der Waals surface area contributed by atoms with Crippen LogP contribution in [0, 0.1) is 0 Å². The van der Waals surface area contributed by atoms with Gasteiger partial charge in [0.05, 0.1) is 4.47 Å². The molecule has 0 unspecified atom stereocenters. The van der Waals surface area contributed by atoms with Gasteiger partial charge in [-0.25, -0.2) is 4.98 Å². The summed E-state index contributed by atoms with van der Waals surface area (Å²) in [5.74, 6) is -0.0251. The maximum Gasteiger partial charge on any atom is 0.239 e. The minimum Gasteiger partial charge on any atom is -0.368 e. The molecule has 0 spiro atoms. The summed E-state index contributed by atoms with van der Waals surface area (Å²) >= 11 is 8.79. The molecule has 5 nitrogen and oxygen atoms in total. The lowest BCUT2D eigenvalue weighted by Gasteiger charge is -2.11. The number of aromatic nitrogens is 2. The van der Waals surface area contributed by atoms with Crippen LogP contribution in [0.2, 0.25) is 5.28 Å². The summed E-state index contributed by atoms with van der Waals surface area (Å²) in [6.07, 6.45) is 1.49. The molecule has 1 atom stereocenters. The van der Waals surface area contributed by atoms with Crippen LogP contribution >= 0.6 is 27.5 Å². The van der Waals surface area contributed by atoms with E-state index in [4.69, 9.17) is 17.3 Å². The summed E-state index contributed by atoms with van der Waals surface area (Å²) in [5, 5.41) is 2.90. The fourth-order valence-electron chi connectivity index (χ4n) is 0.723. The van der Waals surface area contributed by atoms with Crippen molar-refractivity contribution in [3.63, 3.8) is 0 Å². The normalized spacial score (nSPS) is 12.2. The largest absolute Gasteiger partial charge is 0.368 e. The Morgan fingerprint density at radius 2 is 2.43 bits per heavy atom. The first-order chi connectivity index (χ1) is 6.50. The van der Waals surface area contributed by atoms with E-state index in [0.29, 0.717) is 10.3 Å². The standard InChI is InChI=1S/C7H8BrClN4O/c1-3(5(10)14)12-6-4(8)2-11-7(9)13-6/h2-3H,1H3,(H2,10,14)(H,11,12,13)/t3-/m0/s1. The van der Waals surface area contributed by atoms with E-state index in [1.807, 2.05) is 0 Å². The molecule has 0 aliphatic heterocycles. The number of carbonyl (C=O) groups is 1. The van der Waals surface area contributed by atoms with Gasteiger partial charge in [0.25, 0.3) is 0 Å². The van der Waals surface area contributed by atoms with Crippen molar-refractivity contribution in [3.05, 3.63) is 16.0 Å². The number of anilines is 1. The summed E-state index contributed by atoms with van der Waals surface area (Å²) in [5.41, 5.74) is 5.08. The van der Waals surface area contributed by atoms with Crippen LogP contribution in [0.25, 0.3) is 0 Å². The third-order valence-corrected chi connectivity index (χ3v) is 2.26. The van der Waals surface area contributed by atoms with Gasteiger partial charge in [-0.2, -0.15) is 4.98 Å². The van der Waals surface area contributed by atoms with E-state index in [1.165, 1.54) is 6.20 Å². The number of nitrogens with zero attached hydrogens (tertiary/aromatic N) is 2. The fourth-order valence-corrected chi connectivity index (χ4v) is 1.16. The number of primary amides is 1. The molecule has 0 aromatic carbocycles. The van der Waals surface area contributed by atoms with Gasteiger partial charge in [-0.15, -0.1) is 0 Å². The molecular formula is C7H8BrClN4O. The molecule has 0 radical (unpaired) electrons. The highest BCUT2D eigenvalue weighted by Gasteiger charge is 2.11. The monoisotopic (exact) mass is 278 g/mol. The minimum absolute atomic E-state index is 0.104. The maximum absolute atomic E-state index is 10.8. The highest BCUT2D eigenvalue weighted by molar-refractivity contribution is 9.10. The summed E-state index contributed by atoms with van der Waals surface area (Å²) in [7, 11) is 0. The molecule has 1 amide bonds. The van der Waals surface area contributed by atoms with Gasteiger partial charge in [-0.1, -0.05) is 0 Å². The van der Waals surface area contributed by atoms with Crippen LogP contribution in [0.15, 0.2) is 10.7 Å². The zero-order valence-electron chi connectivity index (χ0n) is 7.29. The highest BCUT2D eigenvalue weighted by atomic mass is 79.9. The predicted octanol–water partition coefficient (Wildman–Crippen LogP) is 1.18. The third-order valence-electron chi connectivity index (χ3n) is 1.49. The SMILES string of the molecule is C[C@H](Nc1nc(Cl)ncc1Br)C(N)=O. The van der Waals surface area contributed by atoms with Crippen LogP contribution < -0.4 is 11.1 Å². The summed E-state index contributed by atoms with van der Waals surface area (Å²) in [4.78, 5) is 18.4. The second-order valence-corrected chi connectivity index (χ2v) is 3.80. The number of nitrogens with one attached hydrogen (secondary N) is 1. The molecule has 0 fully saturated rings. The Morgan fingerprint density at radius 3 is 3.00 bits per heavy atom. The number of halogens is 2. The van der Waals surface area contributed by atoms with Crippen molar-refractivity contribution in [3.8, 4) is 0 Å². The van der Waals surface area contributed by atoms with Crippen LogP contribution in [0.1, 0.15) is 6.92 Å². The van der Waals surface area contributed by atoms with Crippen molar-refractivity contribution in [2.24, 2.45) is 5.73 Å². The molecule has 1 heterocycles. The van der Waals surface area contributed by atoms with Gasteiger partial charge in [-0.05, 0) is 34.5 Å². The van der Waals surface area contributed by atoms with Crippen molar-refractivity contribution >= 4 is 39.3 Å². The van der Waals surface area contributed by atoms with Crippen molar-refractivity contribution < 1.29 is 4.79 Å². The lowest BCUT2D eigenvalue weighted by molar-refractivity contribution is -0.118. The smallest absolute Gasteiger partial charge is 0.239 e. The Bertz CT molecular complexity index is 360. The number of hydrogen-bond acceptors (Lipinski definition) is 4. The Labute approximate surface area is 94.2 Å². The lowest BCUT2D eigenvalue weighted by Crippen LogP contribution is -2.32. The van der Waals surface area contributed by atoms with E-state index in [1.54, 1.807) is 6.92 Å². The molecule has 7 heteroatoms. The minimum atomic E-state index is -0.516. The molecular weight excluding hydrogens is 271 g/mol. The van der Waals surface area contributed by atoms with Gasteiger partial charge in [0, 0.05) is 6.20 Å². The summed E-state index contributed by atoms with van der Waals surface area (Å²) < 4.78 is 0.620. The van der Waals surface area contributed by atoms with Gasteiger partial charge >= 0.3 is 0 Å². The molecule has 3 N–H and O–H groups in total. The van der Waals surface area contributed by atoms with Crippen molar-refractivity contribution in [1.82, 2.24) is 9.97 Å². The Kier molecular flexibility index (Phi) is 3.65. The van der Waals surface area contributed by atoms with Crippen LogP contribution in [0.5, 0.6) is 0 Å². The summed E-state index contributed by atoms with van der Waals surface area (Å²) in [6.45, 7) is 1.63. The fraction of sp³-hybridized carbons (Fsp3) is 0.286. The van der Waals surface area contributed by atoms with Gasteiger partial charge in [0.15, 0.2) is 0 Å². The number of hydrogen-bond donors (Lipinski definition) is 2. The molecule has 0 aliphatic carbocycles. The maximum atomic E-state index is 10.8. The van der Waals surface area contributed by atoms with Crippen molar-refractivity contribution in [2.45, 2.75) is 13.0 Å². The second-order valence-electron chi connectivity index (χ2n) is 2.60. The topological polar surface area (TPSA) is 80.9 Å². The molecule has 14 heavy (non-hydrogen) atoms. The molecule has 0 bridgehead atoms. The zero-order valence-corrected chi connectivity index (χ0v) is 9.63. The van der Waals surface area contributed by atoms with Crippen LogP contribution in [-0.4, -0.2) is 21.9 Å². The Hall–Kier alpha value is -0.880. The van der Waals surface area contributed by atoms with Crippen LogP contribution in [0.4, 0.5) is 5.82 Å². The van der Waals surface area contributed by atoms with E-state index < -0.39 is 11.9 Å². The van der Waals surface area contributed by atoms with Gasteiger partial charge in [0.1, 0.15) is 11.9 Å². The molecule has 0 saturated heterocycles. The van der Waals surface area contributed by atoms with Crippen LogP contribution in [0.3, 0.4) is 0 Å². The Balaban J connectivity index is 2.85. The quantitative estimate of drug-likeness (QED) is 0.814. The first-order valence-electron chi connectivity index (χ1n) is 3.74. The highest BCUT2D eigenvalue weighted by Crippen LogP contribution is 2.20. The van der Waals surface area contributed by atoms with Crippen LogP contribution in [-0.2, 0) is 4.79 Å². The Morgan fingerprint density at radius 1 is 1.79 bits per heavy atom. The molecule has 0 aliphatic rings. The van der Waals surface area contributed by atoms with Gasteiger partial charge in [0.2, 0.25) is 11.2 Å². The van der Waals surface area contributed by atoms with Crippen molar-refractivity contribution in [1.29, 1.82) is 0 Å². The van der Waals surface area contributed by atoms with E-state index >= 15 is 0 Å². The molecule has 1 aromatic rings. The lowest BCUT2D eigenvalue weighted by atomic mass is 10.3. The van der Waals surface area contributed by atoms with E-state index in [9.17, 15) is 4.79 Å². The van der Waals surface area contributed by atoms with Gasteiger partial charge < -0.3 is 11.1 Å². The van der Waals surface area contributed by atoms with Gasteiger partial charge in [-0.3, -0.25) is 4.79 Å². The van der Waals surface area contributed by atoms with E-state index in [-0.39, 0.29) is 5.28 Å². The number of carbonyl (C=O) groups excluding carboxylic acids is 1. The number of rotatable bonds is 3. The second kappa shape index (κ2) is 4.56. The first kappa shape index (κ1) is 11.2. The molecule has 1 rings (SSSR count).